The van der Waals surface area contributed by atoms with E-state index in [0.29, 0.717) is 6.54 Å². The fraction of sp³-hybridized carbons (Fsp3) is 0.533. The minimum atomic E-state index is -0.173. The van der Waals surface area contributed by atoms with Crippen molar-refractivity contribution in [3.05, 3.63) is 34.9 Å². The third-order valence-corrected chi connectivity index (χ3v) is 4.18. The Bertz CT molecular complexity index is 448. The average Bonchev–Trinajstić information content (AvgIpc) is 2.81. The number of hydrogen-bond donors (Lipinski definition) is 2. The standard InChI is InChI=1S/C15H22N2O/c1-11-6-5-7-13(12(11)2)14(18)17-15(10-16)8-3-4-9-15/h5-7H,3-4,8-10,16H2,1-2H3,(H,17,18). The normalized spacial score (nSPS) is 17.7. The Morgan fingerprint density at radius 3 is 2.61 bits per heavy atom. The summed E-state index contributed by atoms with van der Waals surface area (Å²) >= 11 is 0. The molecule has 1 fully saturated rings. The lowest BCUT2D eigenvalue weighted by Gasteiger charge is -2.29. The molecule has 1 saturated carbocycles. The quantitative estimate of drug-likeness (QED) is 0.860. The van der Waals surface area contributed by atoms with E-state index < -0.39 is 0 Å². The van der Waals surface area contributed by atoms with Gasteiger partial charge >= 0.3 is 0 Å². The maximum atomic E-state index is 12.4. The first-order valence-corrected chi connectivity index (χ1v) is 6.67. The van der Waals surface area contributed by atoms with E-state index >= 15 is 0 Å². The summed E-state index contributed by atoms with van der Waals surface area (Å²) in [5, 5.41) is 3.16. The van der Waals surface area contributed by atoms with E-state index in [1.165, 1.54) is 0 Å². The third-order valence-electron chi connectivity index (χ3n) is 4.18. The molecule has 0 heterocycles. The lowest BCUT2D eigenvalue weighted by atomic mass is 9.96. The number of nitrogens with one attached hydrogen (secondary N) is 1. The van der Waals surface area contributed by atoms with Gasteiger partial charge in [0.25, 0.3) is 5.91 Å². The molecule has 0 aromatic heterocycles. The topological polar surface area (TPSA) is 55.1 Å². The van der Waals surface area contributed by atoms with Crippen LogP contribution in [0.4, 0.5) is 0 Å². The number of nitrogens with two attached hydrogens (primary N) is 1. The van der Waals surface area contributed by atoms with Crippen molar-refractivity contribution in [3.8, 4) is 0 Å². The van der Waals surface area contributed by atoms with Gasteiger partial charge in [0.1, 0.15) is 0 Å². The van der Waals surface area contributed by atoms with Gasteiger partial charge in [0.05, 0.1) is 5.54 Å². The lowest BCUT2D eigenvalue weighted by molar-refractivity contribution is 0.0902. The van der Waals surface area contributed by atoms with Gasteiger partial charge in [-0.25, -0.2) is 0 Å². The predicted molar refractivity (Wildman–Crippen MR) is 73.6 cm³/mol. The third kappa shape index (κ3) is 2.41. The maximum absolute atomic E-state index is 12.4. The number of carbonyl (C=O) groups excluding carboxylic acids is 1. The largest absolute Gasteiger partial charge is 0.345 e. The number of aryl methyl sites for hydroxylation is 1. The second-order valence-corrected chi connectivity index (χ2v) is 5.39. The van der Waals surface area contributed by atoms with Gasteiger partial charge in [0.2, 0.25) is 0 Å². The molecule has 98 valence electrons. The van der Waals surface area contributed by atoms with Gasteiger partial charge in [-0.15, -0.1) is 0 Å². The number of amides is 1. The summed E-state index contributed by atoms with van der Waals surface area (Å²) in [7, 11) is 0. The van der Waals surface area contributed by atoms with Crippen molar-refractivity contribution in [1.29, 1.82) is 0 Å². The second-order valence-electron chi connectivity index (χ2n) is 5.39. The molecule has 0 unspecified atom stereocenters. The van der Waals surface area contributed by atoms with Crippen LogP contribution < -0.4 is 11.1 Å². The van der Waals surface area contributed by atoms with Crippen molar-refractivity contribution in [2.24, 2.45) is 5.73 Å². The molecule has 1 aromatic rings. The van der Waals surface area contributed by atoms with Crippen molar-refractivity contribution in [2.75, 3.05) is 6.54 Å². The van der Waals surface area contributed by atoms with E-state index in [-0.39, 0.29) is 11.4 Å². The summed E-state index contributed by atoms with van der Waals surface area (Å²) in [5.74, 6) is 0.0172. The van der Waals surface area contributed by atoms with Crippen LogP contribution >= 0.6 is 0 Å². The smallest absolute Gasteiger partial charge is 0.252 e. The van der Waals surface area contributed by atoms with Crippen LogP contribution in [0, 0.1) is 13.8 Å². The number of benzene rings is 1. The molecule has 3 N–H and O–H groups in total. The van der Waals surface area contributed by atoms with Gasteiger partial charge in [0, 0.05) is 12.1 Å². The van der Waals surface area contributed by atoms with Crippen molar-refractivity contribution >= 4 is 5.91 Å². The summed E-state index contributed by atoms with van der Waals surface area (Å²) < 4.78 is 0. The van der Waals surface area contributed by atoms with Crippen LogP contribution in [0.15, 0.2) is 18.2 Å². The lowest BCUT2D eigenvalue weighted by Crippen LogP contribution is -2.51. The van der Waals surface area contributed by atoms with Crippen LogP contribution in [0.25, 0.3) is 0 Å². The summed E-state index contributed by atoms with van der Waals surface area (Å²) in [6.45, 7) is 4.55. The van der Waals surface area contributed by atoms with Crippen molar-refractivity contribution in [3.63, 3.8) is 0 Å². The summed E-state index contributed by atoms with van der Waals surface area (Å²) in [4.78, 5) is 12.4. The van der Waals surface area contributed by atoms with Gasteiger partial charge in [-0.1, -0.05) is 25.0 Å². The highest BCUT2D eigenvalue weighted by Crippen LogP contribution is 2.29. The van der Waals surface area contributed by atoms with Crippen molar-refractivity contribution in [2.45, 2.75) is 45.1 Å². The monoisotopic (exact) mass is 246 g/mol. The number of rotatable bonds is 3. The predicted octanol–water partition coefficient (Wildman–Crippen LogP) is 2.30. The van der Waals surface area contributed by atoms with Gasteiger partial charge in [0.15, 0.2) is 0 Å². The minimum absolute atomic E-state index is 0.0172. The Morgan fingerprint density at radius 1 is 1.33 bits per heavy atom. The highest BCUT2D eigenvalue weighted by Gasteiger charge is 2.34. The molecule has 18 heavy (non-hydrogen) atoms. The molecule has 3 heteroatoms. The average molecular weight is 246 g/mol. The molecule has 0 aliphatic heterocycles. The molecule has 1 aliphatic carbocycles. The fourth-order valence-electron chi connectivity index (χ4n) is 2.74. The molecule has 1 amide bonds. The van der Waals surface area contributed by atoms with E-state index in [4.69, 9.17) is 5.73 Å². The molecular weight excluding hydrogens is 224 g/mol. The van der Waals surface area contributed by atoms with Gasteiger partial charge < -0.3 is 11.1 Å². The van der Waals surface area contributed by atoms with Crippen LogP contribution in [0.3, 0.4) is 0 Å². The zero-order chi connectivity index (χ0) is 13.2. The molecule has 2 rings (SSSR count). The second kappa shape index (κ2) is 5.11. The molecule has 0 bridgehead atoms. The van der Waals surface area contributed by atoms with Gasteiger partial charge in [-0.3, -0.25) is 4.79 Å². The highest BCUT2D eigenvalue weighted by molar-refractivity contribution is 5.96. The van der Waals surface area contributed by atoms with E-state index in [1.807, 2.05) is 32.0 Å². The van der Waals surface area contributed by atoms with Crippen LogP contribution in [-0.4, -0.2) is 18.0 Å². The summed E-state index contributed by atoms with van der Waals surface area (Å²) in [6, 6.07) is 5.85. The molecule has 0 spiro atoms. The Hall–Kier alpha value is -1.35. The van der Waals surface area contributed by atoms with Gasteiger partial charge in [-0.2, -0.15) is 0 Å². The van der Waals surface area contributed by atoms with Crippen LogP contribution in [0.1, 0.15) is 47.2 Å². The minimum Gasteiger partial charge on any atom is -0.345 e. The van der Waals surface area contributed by atoms with E-state index in [9.17, 15) is 4.79 Å². The maximum Gasteiger partial charge on any atom is 0.252 e. The fourth-order valence-corrected chi connectivity index (χ4v) is 2.74. The molecule has 0 atom stereocenters. The Kier molecular flexibility index (Phi) is 3.71. The SMILES string of the molecule is Cc1cccc(C(=O)NC2(CN)CCCC2)c1C. The Labute approximate surface area is 109 Å². The Balaban J connectivity index is 2.19. The molecule has 1 aliphatic rings. The van der Waals surface area contributed by atoms with Gasteiger partial charge in [-0.05, 0) is 43.9 Å². The van der Waals surface area contributed by atoms with Crippen molar-refractivity contribution < 1.29 is 4.79 Å². The number of carbonyl (C=O) groups is 1. The van der Waals surface area contributed by atoms with E-state index in [0.717, 1.165) is 42.4 Å². The first-order valence-electron chi connectivity index (χ1n) is 6.67. The van der Waals surface area contributed by atoms with Crippen LogP contribution in [0.5, 0.6) is 0 Å². The molecule has 3 nitrogen and oxygen atoms in total. The first-order chi connectivity index (χ1) is 8.58. The molecule has 0 radical (unpaired) electrons. The zero-order valence-corrected chi connectivity index (χ0v) is 11.3. The van der Waals surface area contributed by atoms with E-state index in [2.05, 4.69) is 5.32 Å². The first kappa shape index (κ1) is 13.1. The molecular formula is C15H22N2O. The van der Waals surface area contributed by atoms with Crippen LogP contribution in [-0.2, 0) is 0 Å². The highest BCUT2D eigenvalue weighted by atomic mass is 16.1. The summed E-state index contributed by atoms with van der Waals surface area (Å²) in [6.07, 6.45) is 4.31. The van der Waals surface area contributed by atoms with Crippen LogP contribution in [0.2, 0.25) is 0 Å². The molecule has 0 saturated heterocycles. The summed E-state index contributed by atoms with van der Waals surface area (Å²) in [5.41, 5.74) is 8.65. The Morgan fingerprint density at radius 2 is 2.00 bits per heavy atom. The van der Waals surface area contributed by atoms with E-state index in [1.54, 1.807) is 0 Å². The van der Waals surface area contributed by atoms with Crippen molar-refractivity contribution in [1.82, 2.24) is 5.32 Å². The zero-order valence-electron chi connectivity index (χ0n) is 11.3. The number of hydrogen-bond acceptors (Lipinski definition) is 2. The molecule has 1 aromatic carbocycles.